The van der Waals surface area contributed by atoms with Gasteiger partial charge in [-0.2, -0.15) is 0 Å². The quantitative estimate of drug-likeness (QED) is 0.497. The smallest absolute Gasteiger partial charge is 0.196 e. The molecule has 2 heterocycles. The van der Waals surface area contributed by atoms with Gasteiger partial charge < -0.3 is 9.15 Å². The monoisotopic (exact) mass is 435 g/mol. The second-order valence-corrected chi connectivity index (χ2v) is 10.2. The Morgan fingerprint density at radius 3 is 2.56 bits per heavy atom. The van der Waals surface area contributed by atoms with E-state index in [2.05, 4.69) is 79.7 Å². The normalized spacial score (nSPS) is 18.6. The second kappa shape index (κ2) is 8.87. The van der Waals surface area contributed by atoms with Crippen molar-refractivity contribution in [2.45, 2.75) is 65.6 Å². The maximum absolute atomic E-state index is 5.85. The van der Waals surface area contributed by atoms with Crippen molar-refractivity contribution in [1.29, 1.82) is 0 Å². The second-order valence-electron chi connectivity index (χ2n) is 10.2. The minimum atomic E-state index is 0.109. The number of oxazole rings is 1. The molecule has 1 atom stereocenters. The van der Waals surface area contributed by atoms with E-state index in [1.165, 1.54) is 16.7 Å². The molecule has 0 radical (unpaired) electrons. The molecule has 0 bridgehead atoms. The van der Waals surface area contributed by atoms with E-state index in [-0.39, 0.29) is 5.54 Å². The molecule has 3 aromatic rings. The number of hydrogen-bond donors (Lipinski definition) is 0. The molecule has 0 N–H and O–H groups in total. The van der Waals surface area contributed by atoms with E-state index in [4.69, 9.17) is 9.15 Å². The van der Waals surface area contributed by atoms with Crippen molar-refractivity contribution in [2.24, 2.45) is 0 Å². The van der Waals surface area contributed by atoms with Crippen LogP contribution in [0.4, 0.5) is 0 Å². The third-order valence-corrected chi connectivity index (χ3v) is 6.61. The first-order valence-electron chi connectivity index (χ1n) is 11.7. The minimum absolute atomic E-state index is 0.109. The van der Waals surface area contributed by atoms with Crippen molar-refractivity contribution in [3.8, 4) is 5.75 Å². The van der Waals surface area contributed by atoms with E-state index < -0.39 is 0 Å². The van der Waals surface area contributed by atoms with E-state index in [0.717, 1.165) is 43.0 Å². The Kier molecular flexibility index (Phi) is 6.33. The van der Waals surface area contributed by atoms with E-state index in [9.17, 15) is 0 Å². The molecule has 1 fully saturated rings. The van der Waals surface area contributed by atoms with Gasteiger partial charge in [0, 0.05) is 44.7 Å². The summed E-state index contributed by atoms with van der Waals surface area (Å²) < 4.78 is 11.3. The lowest BCUT2D eigenvalue weighted by molar-refractivity contribution is 0.00566. The number of methoxy groups -OCH3 is 1. The van der Waals surface area contributed by atoms with E-state index in [1.807, 2.05) is 13.0 Å². The molecule has 0 amide bonds. The van der Waals surface area contributed by atoms with E-state index in [1.54, 1.807) is 7.11 Å². The predicted molar refractivity (Wildman–Crippen MR) is 130 cm³/mol. The number of aryl methyl sites for hydroxylation is 1. The van der Waals surface area contributed by atoms with Gasteiger partial charge in [0.15, 0.2) is 17.2 Å². The molecule has 4 rings (SSSR count). The molecule has 5 heteroatoms. The van der Waals surface area contributed by atoms with Gasteiger partial charge in [-0.05, 0) is 49.4 Å². The van der Waals surface area contributed by atoms with Crippen molar-refractivity contribution in [3.63, 3.8) is 0 Å². The van der Waals surface area contributed by atoms with Crippen LogP contribution in [0.15, 0.2) is 40.8 Å². The third-order valence-electron chi connectivity index (χ3n) is 6.61. The Labute approximate surface area is 192 Å². The molecule has 1 aliphatic heterocycles. The van der Waals surface area contributed by atoms with E-state index in [0.29, 0.717) is 17.9 Å². The first-order valence-corrected chi connectivity index (χ1v) is 11.7. The zero-order chi connectivity index (χ0) is 23.0. The summed E-state index contributed by atoms with van der Waals surface area (Å²) >= 11 is 0. The van der Waals surface area contributed by atoms with Crippen LogP contribution in [0.5, 0.6) is 5.75 Å². The molecular weight excluding hydrogens is 398 g/mol. The topological polar surface area (TPSA) is 41.7 Å². The number of aromatic nitrogens is 1. The van der Waals surface area contributed by atoms with Crippen LogP contribution in [0, 0.1) is 6.92 Å². The average Bonchev–Trinajstić information content (AvgIpc) is 3.15. The lowest BCUT2D eigenvalue weighted by atomic mass is 9.88. The number of benzene rings is 2. The van der Waals surface area contributed by atoms with Crippen molar-refractivity contribution in [1.82, 2.24) is 14.8 Å². The molecule has 1 saturated heterocycles. The SMILES string of the molecule is COc1ccc(CN2CCN(C(C)(C)C)C(c3ccccc3C(C)C)C2)c2nc(C)oc12. The standard InChI is InChI=1S/C27H37N3O2/c1-18(2)21-10-8-9-11-22(21)23-17-29(14-15-30(23)27(4,5)6)16-20-12-13-24(31-7)26-25(20)28-19(3)32-26/h8-13,18,23H,14-17H2,1-7H3. The summed E-state index contributed by atoms with van der Waals surface area (Å²) in [4.78, 5) is 9.91. The summed E-state index contributed by atoms with van der Waals surface area (Å²) in [6.45, 7) is 17.4. The summed E-state index contributed by atoms with van der Waals surface area (Å²) in [5.41, 5.74) is 5.87. The molecule has 0 spiro atoms. The number of fused-ring (bicyclic) bond motifs is 1. The van der Waals surface area contributed by atoms with Gasteiger partial charge in [0.25, 0.3) is 0 Å². The van der Waals surface area contributed by atoms with Gasteiger partial charge in [0.1, 0.15) is 5.52 Å². The fourth-order valence-electron chi connectivity index (χ4n) is 5.06. The Hall–Kier alpha value is -2.37. The molecule has 5 nitrogen and oxygen atoms in total. The van der Waals surface area contributed by atoms with Gasteiger partial charge in [-0.15, -0.1) is 0 Å². The van der Waals surface area contributed by atoms with Crippen LogP contribution in [0.1, 0.15) is 69.2 Å². The fraction of sp³-hybridized carbons (Fsp3) is 0.519. The molecule has 1 aliphatic rings. The summed E-state index contributed by atoms with van der Waals surface area (Å²) in [5.74, 6) is 1.92. The highest BCUT2D eigenvalue weighted by molar-refractivity contribution is 5.82. The lowest BCUT2D eigenvalue weighted by Crippen LogP contribution is -2.55. The predicted octanol–water partition coefficient (Wildman–Crippen LogP) is 5.93. The third kappa shape index (κ3) is 4.41. The summed E-state index contributed by atoms with van der Waals surface area (Å²) in [6, 6.07) is 13.5. The molecule has 0 aliphatic carbocycles. The fourth-order valence-corrected chi connectivity index (χ4v) is 5.06. The zero-order valence-electron chi connectivity index (χ0n) is 20.6. The van der Waals surface area contributed by atoms with Crippen LogP contribution in [0.25, 0.3) is 11.1 Å². The van der Waals surface area contributed by atoms with Crippen LogP contribution < -0.4 is 4.74 Å². The maximum Gasteiger partial charge on any atom is 0.196 e. The Morgan fingerprint density at radius 2 is 1.88 bits per heavy atom. The van der Waals surface area contributed by atoms with Crippen molar-refractivity contribution >= 4 is 11.1 Å². The van der Waals surface area contributed by atoms with Crippen molar-refractivity contribution < 1.29 is 9.15 Å². The number of hydrogen-bond acceptors (Lipinski definition) is 5. The Bertz CT molecular complexity index is 1080. The van der Waals surface area contributed by atoms with Gasteiger partial charge in [-0.1, -0.05) is 44.2 Å². The number of rotatable bonds is 5. The Balaban J connectivity index is 1.67. The summed E-state index contributed by atoms with van der Waals surface area (Å²) in [5, 5.41) is 0. The van der Waals surface area contributed by atoms with Crippen LogP contribution in [0.3, 0.4) is 0 Å². The molecule has 1 aromatic heterocycles. The number of nitrogens with zero attached hydrogens (tertiary/aromatic N) is 3. The summed E-state index contributed by atoms with van der Waals surface area (Å²) in [7, 11) is 1.68. The molecule has 0 saturated carbocycles. The van der Waals surface area contributed by atoms with E-state index >= 15 is 0 Å². The first-order chi connectivity index (χ1) is 15.2. The van der Waals surface area contributed by atoms with Gasteiger partial charge in [-0.25, -0.2) is 4.98 Å². The highest BCUT2D eigenvalue weighted by Crippen LogP contribution is 2.37. The van der Waals surface area contributed by atoms with Gasteiger partial charge in [-0.3, -0.25) is 9.80 Å². The first kappa shape index (κ1) is 22.8. The molecule has 172 valence electrons. The van der Waals surface area contributed by atoms with Crippen molar-refractivity contribution in [2.75, 3.05) is 26.7 Å². The molecular formula is C27H37N3O2. The van der Waals surface area contributed by atoms with Crippen LogP contribution in [-0.2, 0) is 6.54 Å². The van der Waals surface area contributed by atoms with Gasteiger partial charge in [0.05, 0.1) is 7.11 Å². The molecule has 1 unspecified atom stereocenters. The highest BCUT2D eigenvalue weighted by atomic mass is 16.5. The lowest BCUT2D eigenvalue weighted by Gasteiger charge is -2.49. The zero-order valence-corrected chi connectivity index (χ0v) is 20.6. The number of piperazine rings is 1. The molecule has 2 aromatic carbocycles. The average molecular weight is 436 g/mol. The Morgan fingerprint density at radius 1 is 1.12 bits per heavy atom. The van der Waals surface area contributed by atoms with Crippen LogP contribution >= 0.6 is 0 Å². The molecule has 32 heavy (non-hydrogen) atoms. The van der Waals surface area contributed by atoms with Crippen molar-refractivity contribution in [3.05, 3.63) is 59.0 Å². The maximum atomic E-state index is 5.85. The highest BCUT2D eigenvalue weighted by Gasteiger charge is 2.36. The van der Waals surface area contributed by atoms with Crippen LogP contribution in [-0.4, -0.2) is 47.1 Å². The summed E-state index contributed by atoms with van der Waals surface area (Å²) in [6.07, 6.45) is 0. The van der Waals surface area contributed by atoms with Gasteiger partial charge >= 0.3 is 0 Å². The van der Waals surface area contributed by atoms with Crippen LogP contribution in [0.2, 0.25) is 0 Å². The largest absolute Gasteiger partial charge is 0.493 e. The number of ether oxygens (including phenoxy) is 1. The van der Waals surface area contributed by atoms with Gasteiger partial charge in [0.2, 0.25) is 0 Å². The minimum Gasteiger partial charge on any atom is -0.493 e.